The second-order valence-electron chi connectivity index (χ2n) is 3.86. The third-order valence-electron chi connectivity index (χ3n) is 2.66. The Hall–Kier alpha value is -0.290. The maximum absolute atomic E-state index is 5.57. The maximum Gasteiger partial charge on any atom is 0.0592 e. The van der Waals surface area contributed by atoms with Crippen molar-refractivity contribution in [1.82, 2.24) is 0 Å². The molecule has 1 aliphatic rings. The van der Waals surface area contributed by atoms with Crippen molar-refractivity contribution in [3.05, 3.63) is 27.8 Å². The molecule has 1 heterocycles. The number of anilines is 1. The molecule has 82 valence electrons. The number of hydrogen-bond donors (Lipinski definition) is 1. The highest BCUT2D eigenvalue weighted by Gasteiger charge is 2.14. The van der Waals surface area contributed by atoms with Gasteiger partial charge >= 0.3 is 0 Å². The molecule has 0 bridgehead atoms. The molecule has 3 heteroatoms. The molecule has 0 aromatic heterocycles. The van der Waals surface area contributed by atoms with Gasteiger partial charge in [0.25, 0.3) is 0 Å². The van der Waals surface area contributed by atoms with Gasteiger partial charge in [-0.15, -0.1) is 0 Å². The first kappa shape index (κ1) is 11.2. The van der Waals surface area contributed by atoms with Crippen LogP contribution >= 0.6 is 22.6 Å². The zero-order valence-corrected chi connectivity index (χ0v) is 10.9. The number of rotatable bonds is 4. The maximum atomic E-state index is 5.57. The van der Waals surface area contributed by atoms with Crippen molar-refractivity contribution in [3.63, 3.8) is 0 Å². The quantitative estimate of drug-likeness (QED) is 0.861. The molecule has 0 amide bonds. The summed E-state index contributed by atoms with van der Waals surface area (Å²) in [6.07, 6.45) is 4.07. The van der Waals surface area contributed by atoms with E-state index >= 15 is 0 Å². The third kappa shape index (κ3) is 3.65. The van der Waals surface area contributed by atoms with Crippen LogP contribution in [0.1, 0.15) is 19.3 Å². The molecule has 1 atom stereocenters. The number of hydrogen-bond acceptors (Lipinski definition) is 2. The lowest BCUT2D eigenvalue weighted by atomic mass is 10.2. The molecule has 2 rings (SSSR count). The Labute approximate surface area is 105 Å². The van der Waals surface area contributed by atoms with Crippen molar-refractivity contribution in [2.24, 2.45) is 0 Å². The zero-order chi connectivity index (χ0) is 10.5. The van der Waals surface area contributed by atoms with Crippen LogP contribution in [-0.4, -0.2) is 19.3 Å². The van der Waals surface area contributed by atoms with Crippen LogP contribution in [0.15, 0.2) is 24.3 Å². The minimum Gasteiger partial charge on any atom is -0.385 e. The fourth-order valence-electron chi connectivity index (χ4n) is 1.82. The fraction of sp³-hybridized carbons (Fsp3) is 0.500. The molecule has 0 aliphatic carbocycles. The molecule has 1 unspecified atom stereocenters. The highest BCUT2D eigenvalue weighted by Crippen LogP contribution is 2.16. The van der Waals surface area contributed by atoms with Crippen LogP contribution in [0.2, 0.25) is 0 Å². The van der Waals surface area contributed by atoms with Crippen LogP contribution < -0.4 is 5.32 Å². The van der Waals surface area contributed by atoms with Crippen molar-refractivity contribution >= 4 is 28.3 Å². The van der Waals surface area contributed by atoms with E-state index in [9.17, 15) is 0 Å². The average molecular weight is 317 g/mol. The van der Waals surface area contributed by atoms with E-state index in [0.717, 1.165) is 19.6 Å². The summed E-state index contributed by atoms with van der Waals surface area (Å²) in [5.41, 5.74) is 1.20. The van der Waals surface area contributed by atoms with Gasteiger partial charge in [0.15, 0.2) is 0 Å². The van der Waals surface area contributed by atoms with Gasteiger partial charge in [0.2, 0.25) is 0 Å². The van der Waals surface area contributed by atoms with Gasteiger partial charge < -0.3 is 10.1 Å². The van der Waals surface area contributed by atoms with Crippen molar-refractivity contribution in [2.45, 2.75) is 25.4 Å². The average Bonchev–Trinajstić information content (AvgIpc) is 2.74. The summed E-state index contributed by atoms with van der Waals surface area (Å²) in [5.74, 6) is 0. The van der Waals surface area contributed by atoms with E-state index < -0.39 is 0 Å². The van der Waals surface area contributed by atoms with E-state index in [1.54, 1.807) is 0 Å². The summed E-state index contributed by atoms with van der Waals surface area (Å²) in [4.78, 5) is 0. The molecule has 1 aromatic rings. The van der Waals surface area contributed by atoms with Gasteiger partial charge in [-0.05, 0) is 66.1 Å². The topological polar surface area (TPSA) is 21.3 Å². The van der Waals surface area contributed by atoms with E-state index in [4.69, 9.17) is 4.74 Å². The molecule has 0 radical (unpaired) electrons. The lowest BCUT2D eigenvalue weighted by Crippen LogP contribution is -2.12. The minimum atomic E-state index is 0.487. The van der Waals surface area contributed by atoms with Crippen molar-refractivity contribution in [3.8, 4) is 0 Å². The van der Waals surface area contributed by atoms with Crippen LogP contribution in [0.4, 0.5) is 5.69 Å². The van der Waals surface area contributed by atoms with Crippen molar-refractivity contribution < 1.29 is 4.74 Å². The molecule has 1 aromatic carbocycles. The second kappa shape index (κ2) is 5.70. The van der Waals surface area contributed by atoms with Gasteiger partial charge in [0.05, 0.1) is 6.10 Å². The molecule has 1 saturated heterocycles. The summed E-state index contributed by atoms with van der Waals surface area (Å²) in [6, 6.07) is 8.48. The first-order valence-electron chi connectivity index (χ1n) is 5.45. The molecule has 0 spiro atoms. The predicted octanol–water partition coefficient (Wildman–Crippen LogP) is 3.27. The molecule has 2 nitrogen and oxygen atoms in total. The van der Waals surface area contributed by atoms with E-state index in [0.29, 0.717) is 6.10 Å². The van der Waals surface area contributed by atoms with E-state index in [-0.39, 0.29) is 0 Å². The Balaban J connectivity index is 1.71. The monoisotopic (exact) mass is 317 g/mol. The SMILES string of the molecule is Ic1ccc(NCCC2CCCO2)cc1. The van der Waals surface area contributed by atoms with Gasteiger partial charge in [-0.1, -0.05) is 0 Å². The third-order valence-corrected chi connectivity index (χ3v) is 3.38. The Kier molecular flexibility index (Phi) is 4.26. The van der Waals surface area contributed by atoms with Gasteiger partial charge in [-0.25, -0.2) is 0 Å². The molecule has 1 aliphatic heterocycles. The summed E-state index contributed by atoms with van der Waals surface area (Å²) in [6.45, 7) is 1.96. The molecule has 15 heavy (non-hydrogen) atoms. The van der Waals surface area contributed by atoms with Crippen molar-refractivity contribution in [2.75, 3.05) is 18.5 Å². The van der Waals surface area contributed by atoms with Crippen LogP contribution in [0, 0.1) is 3.57 Å². The first-order valence-corrected chi connectivity index (χ1v) is 6.53. The number of ether oxygens (including phenoxy) is 1. The predicted molar refractivity (Wildman–Crippen MR) is 71.2 cm³/mol. The summed E-state index contributed by atoms with van der Waals surface area (Å²) in [7, 11) is 0. The molecular weight excluding hydrogens is 301 g/mol. The first-order chi connectivity index (χ1) is 7.34. The molecule has 1 fully saturated rings. The molecule has 1 N–H and O–H groups in total. The van der Waals surface area contributed by atoms with E-state index in [1.807, 2.05) is 0 Å². The summed E-state index contributed by atoms with van der Waals surface area (Å²) < 4.78 is 6.84. The van der Waals surface area contributed by atoms with Crippen molar-refractivity contribution in [1.29, 1.82) is 0 Å². The molecule has 0 saturated carbocycles. The normalized spacial score (nSPS) is 20.5. The fourth-order valence-corrected chi connectivity index (χ4v) is 2.18. The van der Waals surface area contributed by atoms with Crippen LogP contribution in [0.3, 0.4) is 0 Å². The van der Waals surface area contributed by atoms with Crippen LogP contribution in [0.25, 0.3) is 0 Å². The lowest BCUT2D eigenvalue weighted by Gasteiger charge is -2.10. The van der Waals surface area contributed by atoms with E-state index in [2.05, 4.69) is 52.2 Å². The largest absolute Gasteiger partial charge is 0.385 e. The number of halogens is 1. The van der Waals surface area contributed by atoms with Gasteiger partial charge in [0, 0.05) is 22.4 Å². The van der Waals surface area contributed by atoms with Crippen LogP contribution in [-0.2, 0) is 4.74 Å². The highest BCUT2D eigenvalue weighted by molar-refractivity contribution is 14.1. The minimum absolute atomic E-state index is 0.487. The lowest BCUT2D eigenvalue weighted by molar-refractivity contribution is 0.107. The standard InChI is InChI=1S/C12H16INO/c13-10-3-5-11(6-4-10)14-8-7-12-2-1-9-15-12/h3-6,12,14H,1-2,7-9H2. The Morgan fingerprint density at radius 2 is 2.13 bits per heavy atom. The number of benzene rings is 1. The Morgan fingerprint density at radius 3 is 2.80 bits per heavy atom. The second-order valence-corrected chi connectivity index (χ2v) is 5.10. The zero-order valence-electron chi connectivity index (χ0n) is 8.71. The smallest absolute Gasteiger partial charge is 0.0592 e. The van der Waals surface area contributed by atoms with Gasteiger partial charge in [-0.2, -0.15) is 0 Å². The highest BCUT2D eigenvalue weighted by atomic mass is 127. The van der Waals surface area contributed by atoms with Gasteiger partial charge in [0.1, 0.15) is 0 Å². The molecular formula is C12H16INO. The van der Waals surface area contributed by atoms with E-state index in [1.165, 1.54) is 22.1 Å². The Bertz CT molecular complexity index is 293. The van der Waals surface area contributed by atoms with Crippen LogP contribution in [0.5, 0.6) is 0 Å². The van der Waals surface area contributed by atoms with Gasteiger partial charge in [-0.3, -0.25) is 0 Å². The summed E-state index contributed by atoms with van der Waals surface area (Å²) >= 11 is 2.32. The number of nitrogens with one attached hydrogen (secondary N) is 1. The summed E-state index contributed by atoms with van der Waals surface area (Å²) in [5, 5.41) is 3.42. The Morgan fingerprint density at radius 1 is 1.33 bits per heavy atom.